The van der Waals surface area contributed by atoms with Crippen LogP contribution in [0.3, 0.4) is 0 Å². The van der Waals surface area contributed by atoms with E-state index in [1.54, 1.807) is 6.07 Å². The Balaban J connectivity index is 2.24. The van der Waals surface area contributed by atoms with Gasteiger partial charge in [0.15, 0.2) is 0 Å². The van der Waals surface area contributed by atoms with E-state index in [1.165, 1.54) is 12.1 Å². The van der Waals surface area contributed by atoms with E-state index in [0.29, 0.717) is 17.0 Å². The Morgan fingerprint density at radius 3 is 2.61 bits per heavy atom. The molecule has 0 radical (unpaired) electrons. The summed E-state index contributed by atoms with van der Waals surface area (Å²) in [7, 11) is -1.17. The first-order valence-electron chi connectivity index (χ1n) is 5.56. The summed E-state index contributed by atoms with van der Waals surface area (Å²) in [5.74, 6) is -0.0744. The minimum Gasteiger partial charge on any atom is -0.398 e. The number of nitrogen functional groups attached to an aromatic ring is 1. The molecule has 2 N–H and O–H groups in total. The van der Waals surface area contributed by atoms with Gasteiger partial charge in [-0.3, -0.25) is 4.21 Å². The molecule has 94 valence electrons. The summed E-state index contributed by atoms with van der Waals surface area (Å²) in [6, 6.07) is 11.7. The molecule has 2 rings (SSSR count). The zero-order valence-corrected chi connectivity index (χ0v) is 10.8. The van der Waals surface area contributed by atoms with E-state index in [2.05, 4.69) is 0 Å². The summed E-state index contributed by atoms with van der Waals surface area (Å²) in [6.07, 6.45) is 0. The molecule has 1 atom stereocenters. The number of aryl methyl sites for hydroxylation is 1. The van der Waals surface area contributed by atoms with Crippen LogP contribution in [0.15, 0.2) is 47.4 Å². The fraction of sp³-hybridized carbons (Fsp3) is 0.143. The molecule has 0 spiro atoms. The minimum atomic E-state index is -1.17. The highest BCUT2D eigenvalue weighted by atomic mass is 32.2. The lowest BCUT2D eigenvalue weighted by Gasteiger charge is -2.08. The van der Waals surface area contributed by atoms with Gasteiger partial charge in [-0.05, 0) is 36.2 Å². The molecule has 0 aromatic heterocycles. The molecule has 1 unspecified atom stereocenters. The van der Waals surface area contributed by atoms with Crippen LogP contribution in [-0.2, 0) is 16.6 Å². The molecule has 0 aliphatic carbocycles. The van der Waals surface area contributed by atoms with Crippen molar-refractivity contribution >= 4 is 16.5 Å². The average molecular weight is 263 g/mol. The number of nitrogens with two attached hydrogens (primary N) is 1. The summed E-state index contributed by atoms with van der Waals surface area (Å²) in [4.78, 5) is 0.793. The van der Waals surface area contributed by atoms with Crippen molar-refractivity contribution < 1.29 is 8.60 Å². The van der Waals surface area contributed by atoms with Crippen LogP contribution in [0.4, 0.5) is 10.1 Å². The molecular weight excluding hydrogens is 249 g/mol. The maximum Gasteiger partial charge on any atom is 0.125 e. The number of hydrogen-bond acceptors (Lipinski definition) is 2. The van der Waals surface area contributed by atoms with Crippen molar-refractivity contribution in [3.05, 3.63) is 59.4 Å². The Labute approximate surface area is 108 Å². The van der Waals surface area contributed by atoms with Crippen molar-refractivity contribution in [2.75, 3.05) is 5.73 Å². The van der Waals surface area contributed by atoms with Crippen molar-refractivity contribution in [1.82, 2.24) is 0 Å². The van der Waals surface area contributed by atoms with Gasteiger partial charge in [-0.1, -0.05) is 24.3 Å². The van der Waals surface area contributed by atoms with Gasteiger partial charge in [0.05, 0.1) is 16.6 Å². The van der Waals surface area contributed by atoms with Crippen molar-refractivity contribution in [1.29, 1.82) is 0 Å². The largest absolute Gasteiger partial charge is 0.398 e. The van der Waals surface area contributed by atoms with Crippen molar-refractivity contribution in [2.24, 2.45) is 0 Å². The van der Waals surface area contributed by atoms with E-state index < -0.39 is 10.8 Å². The maximum atomic E-state index is 12.9. The fourth-order valence-electron chi connectivity index (χ4n) is 1.73. The summed E-state index contributed by atoms with van der Waals surface area (Å²) in [6.45, 7) is 1.92. The van der Waals surface area contributed by atoms with E-state index in [9.17, 15) is 8.60 Å². The molecule has 0 aliphatic rings. The van der Waals surface area contributed by atoms with Gasteiger partial charge in [0.2, 0.25) is 0 Å². The van der Waals surface area contributed by atoms with Gasteiger partial charge in [0, 0.05) is 10.6 Å². The molecule has 0 bridgehead atoms. The molecular formula is C14H14FNOS. The Morgan fingerprint density at radius 2 is 1.94 bits per heavy atom. The quantitative estimate of drug-likeness (QED) is 0.865. The molecule has 18 heavy (non-hydrogen) atoms. The Kier molecular flexibility index (Phi) is 3.77. The van der Waals surface area contributed by atoms with Gasteiger partial charge in [0.1, 0.15) is 5.82 Å². The first-order chi connectivity index (χ1) is 8.58. The number of anilines is 1. The van der Waals surface area contributed by atoms with Gasteiger partial charge in [-0.2, -0.15) is 0 Å². The number of hydrogen-bond donors (Lipinski definition) is 1. The molecule has 0 aliphatic heterocycles. The Bertz CT molecular complexity index is 598. The first-order valence-corrected chi connectivity index (χ1v) is 6.87. The van der Waals surface area contributed by atoms with Gasteiger partial charge >= 0.3 is 0 Å². The molecule has 0 saturated heterocycles. The van der Waals surface area contributed by atoms with Crippen molar-refractivity contribution in [3.63, 3.8) is 0 Å². The van der Waals surface area contributed by atoms with Crippen LogP contribution in [0.1, 0.15) is 11.1 Å². The minimum absolute atomic E-state index is 0.303. The predicted octanol–water partition coefficient (Wildman–Crippen LogP) is 3.02. The fourth-order valence-corrected chi connectivity index (χ4v) is 3.09. The highest BCUT2D eigenvalue weighted by molar-refractivity contribution is 7.84. The second-order valence-electron chi connectivity index (χ2n) is 4.10. The normalized spacial score (nSPS) is 12.3. The first kappa shape index (κ1) is 12.8. The third-order valence-electron chi connectivity index (χ3n) is 2.73. The smallest absolute Gasteiger partial charge is 0.125 e. The van der Waals surface area contributed by atoms with Crippen molar-refractivity contribution in [2.45, 2.75) is 17.6 Å². The second kappa shape index (κ2) is 5.31. The van der Waals surface area contributed by atoms with Crippen LogP contribution < -0.4 is 5.73 Å². The highest BCUT2D eigenvalue weighted by Crippen LogP contribution is 2.20. The SMILES string of the molecule is Cc1ccccc1S(=O)Cc1ccc(F)cc1N. The summed E-state index contributed by atoms with van der Waals surface area (Å²) < 4.78 is 25.2. The lowest BCUT2D eigenvalue weighted by atomic mass is 10.2. The van der Waals surface area contributed by atoms with E-state index in [4.69, 9.17) is 5.73 Å². The molecule has 2 aromatic rings. The molecule has 4 heteroatoms. The van der Waals surface area contributed by atoms with Crippen LogP contribution in [0.25, 0.3) is 0 Å². The molecule has 0 heterocycles. The topological polar surface area (TPSA) is 43.1 Å². The van der Waals surface area contributed by atoms with E-state index >= 15 is 0 Å². The van der Waals surface area contributed by atoms with Crippen LogP contribution in [0.5, 0.6) is 0 Å². The van der Waals surface area contributed by atoms with Crippen LogP contribution in [0, 0.1) is 12.7 Å². The number of benzene rings is 2. The molecule has 0 saturated carbocycles. The summed E-state index contributed by atoms with van der Waals surface area (Å²) in [5.41, 5.74) is 7.75. The van der Waals surface area contributed by atoms with Crippen molar-refractivity contribution in [3.8, 4) is 0 Å². The van der Waals surface area contributed by atoms with Crippen LogP contribution in [-0.4, -0.2) is 4.21 Å². The summed E-state index contributed by atoms with van der Waals surface area (Å²) in [5, 5.41) is 0. The third kappa shape index (κ3) is 2.76. The van der Waals surface area contributed by atoms with E-state index in [1.807, 2.05) is 31.2 Å². The zero-order valence-electron chi connectivity index (χ0n) is 10.0. The molecule has 2 aromatic carbocycles. The Morgan fingerprint density at radius 1 is 1.22 bits per heavy atom. The van der Waals surface area contributed by atoms with Crippen LogP contribution in [0.2, 0.25) is 0 Å². The second-order valence-corrected chi connectivity index (χ2v) is 5.52. The highest BCUT2D eigenvalue weighted by Gasteiger charge is 2.10. The van der Waals surface area contributed by atoms with Gasteiger partial charge in [-0.15, -0.1) is 0 Å². The number of halogens is 1. The van der Waals surface area contributed by atoms with Crippen LogP contribution >= 0.6 is 0 Å². The monoisotopic (exact) mass is 263 g/mol. The lowest BCUT2D eigenvalue weighted by Crippen LogP contribution is -2.02. The lowest BCUT2D eigenvalue weighted by molar-refractivity contribution is 0.628. The number of rotatable bonds is 3. The maximum absolute atomic E-state index is 12.9. The summed E-state index contributed by atoms with van der Waals surface area (Å²) >= 11 is 0. The zero-order chi connectivity index (χ0) is 13.1. The van der Waals surface area contributed by atoms with E-state index in [-0.39, 0.29) is 5.82 Å². The van der Waals surface area contributed by atoms with Gasteiger partial charge < -0.3 is 5.73 Å². The van der Waals surface area contributed by atoms with Gasteiger partial charge in [-0.25, -0.2) is 4.39 Å². The molecule has 2 nitrogen and oxygen atoms in total. The molecule has 0 amide bonds. The Hall–Kier alpha value is -1.68. The van der Waals surface area contributed by atoms with E-state index in [0.717, 1.165) is 10.5 Å². The average Bonchev–Trinajstić information content (AvgIpc) is 2.33. The standard InChI is InChI=1S/C14H14FNOS/c1-10-4-2-3-5-14(10)18(17)9-11-6-7-12(15)8-13(11)16/h2-8H,9,16H2,1H3. The van der Waals surface area contributed by atoms with Gasteiger partial charge in [0.25, 0.3) is 0 Å². The molecule has 0 fully saturated rings. The predicted molar refractivity (Wildman–Crippen MR) is 72.1 cm³/mol. The third-order valence-corrected chi connectivity index (χ3v) is 4.26.